The molecule has 0 aliphatic rings. The molecule has 0 atom stereocenters. The summed E-state index contributed by atoms with van der Waals surface area (Å²) in [6.07, 6.45) is 3.32. The lowest BCUT2D eigenvalue weighted by molar-refractivity contribution is 0.296. The molecule has 0 spiro atoms. The number of fused-ring (bicyclic) bond motifs is 3. The third-order valence-electron chi connectivity index (χ3n) is 3.37. The van der Waals surface area contributed by atoms with E-state index >= 15 is 0 Å². The van der Waals surface area contributed by atoms with E-state index in [-0.39, 0.29) is 6.61 Å². The number of ether oxygens (including phenoxy) is 1. The predicted octanol–water partition coefficient (Wildman–Crippen LogP) is 2.90. The largest absolute Gasteiger partial charge is 0.485 e. The van der Waals surface area contributed by atoms with E-state index in [0.29, 0.717) is 27.3 Å². The second-order valence-corrected chi connectivity index (χ2v) is 5.73. The fraction of sp³-hybridized carbons (Fsp3) is 0.143. The normalized spacial score (nSPS) is 11.4. The Bertz CT molecular complexity index is 1020. The molecule has 0 aliphatic heterocycles. The minimum atomic E-state index is 0.210. The Morgan fingerprint density at radius 1 is 1.17 bits per heavy atom. The first-order chi connectivity index (χ1) is 11.1. The van der Waals surface area contributed by atoms with Crippen LogP contribution in [0.4, 0.5) is 0 Å². The van der Waals surface area contributed by atoms with Crippen molar-refractivity contribution in [2.24, 2.45) is 7.05 Å². The van der Waals surface area contributed by atoms with Crippen molar-refractivity contribution in [1.82, 2.24) is 29.4 Å². The van der Waals surface area contributed by atoms with Gasteiger partial charge in [0.25, 0.3) is 0 Å². The second-order valence-electron chi connectivity index (χ2n) is 4.91. The topological polar surface area (TPSA) is 70.1 Å². The summed E-state index contributed by atoms with van der Waals surface area (Å²) in [5.41, 5.74) is 1.44. The molecule has 4 aromatic rings. The van der Waals surface area contributed by atoms with Crippen LogP contribution >= 0.6 is 23.2 Å². The average Bonchev–Trinajstić information content (AvgIpc) is 3.12. The summed E-state index contributed by atoms with van der Waals surface area (Å²) < 4.78 is 8.95. The summed E-state index contributed by atoms with van der Waals surface area (Å²) in [4.78, 5) is 8.79. The molecule has 0 saturated heterocycles. The van der Waals surface area contributed by atoms with Gasteiger partial charge in [-0.3, -0.25) is 4.68 Å². The fourth-order valence-electron chi connectivity index (χ4n) is 2.26. The number of hydrogen-bond donors (Lipinski definition) is 0. The molecule has 7 nitrogen and oxygen atoms in total. The lowest BCUT2D eigenvalue weighted by atomic mass is 10.3. The minimum absolute atomic E-state index is 0.210. The molecule has 23 heavy (non-hydrogen) atoms. The van der Waals surface area contributed by atoms with Crippen molar-refractivity contribution >= 4 is 39.9 Å². The number of aryl methyl sites for hydroxylation is 1. The molecule has 0 unspecified atom stereocenters. The third kappa shape index (κ3) is 2.47. The molecule has 116 valence electrons. The van der Waals surface area contributed by atoms with Crippen molar-refractivity contribution in [2.75, 3.05) is 0 Å². The molecule has 0 aliphatic carbocycles. The number of hydrogen-bond acceptors (Lipinski definition) is 5. The summed E-state index contributed by atoms with van der Waals surface area (Å²) in [5, 5.41) is 10.3. The zero-order valence-electron chi connectivity index (χ0n) is 11.9. The number of benzene rings is 1. The molecule has 3 heterocycles. The molecule has 0 bridgehead atoms. The fourth-order valence-corrected chi connectivity index (χ4v) is 2.55. The van der Waals surface area contributed by atoms with E-state index in [2.05, 4.69) is 20.2 Å². The first kappa shape index (κ1) is 14.2. The number of aromatic nitrogens is 6. The van der Waals surface area contributed by atoms with E-state index in [1.54, 1.807) is 39.9 Å². The zero-order valence-corrected chi connectivity index (χ0v) is 13.5. The second kappa shape index (κ2) is 5.36. The van der Waals surface area contributed by atoms with Crippen LogP contribution in [-0.4, -0.2) is 29.4 Å². The van der Waals surface area contributed by atoms with Gasteiger partial charge in [0, 0.05) is 13.1 Å². The molecule has 1 aromatic carbocycles. The molecular formula is C14H10Cl2N6O. The molecule has 0 saturated carbocycles. The SMILES string of the molecule is Cn1ncc2c1ncn1nc(COc3ccc(Cl)c(Cl)c3)nc21. The first-order valence-electron chi connectivity index (χ1n) is 6.71. The van der Waals surface area contributed by atoms with E-state index in [9.17, 15) is 0 Å². The summed E-state index contributed by atoms with van der Waals surface area (Å²) in [7, 11) is 1.83. The smallest absolute Gasteiger partial charge is 0.189 e. The first-order valence-corrected chi connectivity index (χ1v) is 7.47. The van der Waals surface area contributed by atoms with Crippen LogP contribution in [0.25, 0.3) is 16.7 Å². The lowest BCUT2D eigenvalue weighted by Gasteiger charge is -2.04. The summed E-state index contributed by atoms with van der Waals surface area (Å²) >= 11 is 11.8. The monoisotopic (exact) mass is 348 g/mol. The Morgan fingerprint density at radius 2 is 2.04 bits per heavy atom. The number of nitrogens with zero attached hydrogens (tertiary/aromatic N) is 6. The Kier molecular flexibility index (Phi) is 3.32. The Balaban J connectivity index is 1.64. The van der Waals surface area contributed by atoms with E-state index in [1.807, 2.05) is 7.05 Å². The molecule has 3 aromatic heterocycles. The minimum Gasteiger partial charge on any atom is -0.485 e. The third-order valence-corrected chi connectivity index (χ3v) is 4.11. The van der Waals surface area contributed by atoms with Crippen molar-refractivity contribution < 1.29 is 4.74 Å². The van der Waals surface area contributed by atoms with Crippen molar-refractivity contribution in [3.05, 3.63) is 46.6 Å². The molecule has 9 heteroatoms. The highest BCUT2D eigenvalue weighted by Gasteiger charge is 2.11. The van der Waals surface area contributed by atoms with Crippen LogP contribution in [0, 0.1) is 0 Å². The highest BCUT2D eigenvalue weighted by Crippen LogP contribution is 2.26. The predicted molar refractivity (Wildman–Crippen MR) is 85.8 cm³/mol. The highest BCUT2D eigenvalue weighted by molar-refractivity contribution is 6.42. The van der Waals surface area contributed by atoms with E-state index in [0.717, 1.165) is 11.0 Å². The van der Waals surface area contributed by atoms with Crippen molar-refractivity contribution in [3.63, 3.8) is 0 Å². The van der Waals surface area contributed by atoms with Crippen molar-refractivity contribution in [1.29, 1.82) is 0 Å². The van der Waals surface area contributed by atoms with Gasteiger partial charge in [-0.15, -0.1) is 5.10 Å². The van der Waals surface area contributed by atoms with Crippen LogP contribution in [0.1, 0.15) is 5.82 Å². The number of halogens is 2. The van der Waals surface area contributed by atoms with E-state index in [1.165, 1.54) is 0 Å². The Hall–Kier alpha value is -2.38. The molecular weight excluding hydrogens is 339 g/mol. The molecule has 4 rings (SSSR count). The maximum absolute atomic E-state index is 5.96. The van der Waals surface area contributed by atoms with Gasteiger partial charge in [0.15, 0.2) is 17.1 Å². The molecule has 0 N–H and O–H groups in total. The van der Waals surface area contributed by atoms with Crippen LogP contribution < -0.4 is 4.74 Å². The number of rotatable bonds is 3. The zero-order chi connectivity index (χ0) is 16.0. The standard InChI is InChI=1S/C14H10Cl2N6O/c1-21-13-9(5-18-21)14-19-12(20-22(14)7-17-13)6-23-8-2-3-10(15)11(16)4-8/h2-5,7H,6H2,1H3. The highest BCUT2D eigenvalue weighted by atomic mass is 35.5. The van der Waals surface area contributed by atoms with Crippen molar-refractivity contribution in [3.8, 4) is 5.75 Å². The Labute approximate surface area is 140 Å². The molecule has 0 radical (unpaired) electrons. The van der Waals surface area contributed by atoms with Gasteiger partial charge in [-0.25, -0.2) is 14.5 Å². The molecule has 0 fully saturated rings. The van der Waals surface area contributed by atoms with Crippen LogP contribution in [0.2, 0.25) is 10.0 Å². The van der Waals surface area contributed by atoms with Crippen LogP contribution in [0.3, 0.4) is 0 Å². The molecule has 0 amide bonds. The van der Waals surface area contributed by atoms with E-state index in [4.69, 9.17) is 27.9 Å². The maximum atomic E-state index is 5.96. The summed E-state index contributed by atoms with van der Waals surface area (Å²) in [6.45, 7) is 0.210. The Morgan fingerprint density at radius 3 is 2.87 bits per heavy atom. The van der Waals surface area contributed by atoms with Gasteiger partial charge in [0.1, 0.15) is 18.7 Å². The van der Waals surface area contributed by atoms with Gasteiger partial charge in [-0.2, -0.15) is 5.10 Å². The average molecular weight is 349 g/mol. The van der Waals surface area contributed by atoms with Crippen molar-refractivity contribution in [2.45, 2.75) is 6.61 Å². The van der Waals surface area contributed by atoms with Gasteiger partial charge in [0.2, 0.25) is 0 Å². The van der Waals surface area contributed by atoms with Gasteiger partial charge in [-0.05, 0) is 12.1 Å². The van der Waals surface area contributed by atoms with Gasteiger partial charge < -0.3 is 4.74 Å². The summed E-state index contributed by atoms with van der Waals surface area (Å²) in [6, 6.07) is 5.07. The van der Waals surface area contributed by atoms with Gasteiger partial charge in [0.05, 0.1) is 21.6 Å². The lowest BCUT2D eigenvalue weighted by Crippen LogP contribution is -1.98. The van der Waals surface area contributed by atoms with Crippen LogP contribution in [-0.2, 0) is 13.7 Å². The van der Waals surface area contributed by atoms with Gasteiger partial charge in [-0.1, -0.05) is 23.2 Å². The summed E-state index contributed by atoms with van der Waals surface area (Å²) in [5.74, 6) is 1.14. The van der Waals surface area contributed by atoms with E-state index < -0.39 is 0 Å². The van der Waals surface area contributed by atoms with Crippen LogP contribution in [0.5, 0.6) is 5.75 Å². The maximum Gasteiger partial charge on any atom is 0.189 e. The van der Waals surface area contributed by atoms with Gasteiger partial charge >= 0.3 is 0 Å². The quantitative estimate of drug-likeness (QED) is 0.569. The van der Waals surface area contributed by atoms with Crippen LogP contribution in [0.15, 0.2) is 30.7 Å².